The van der Waals surface area contributed by atoms with E-state index >= 15 is 0 Å². The molecular weight excluding hydrogens is 434 g/mol. The number of aromatic nitrogens is 1. The topological polar surface area (TPSA) is 54.0 Å². The Balaban J connectivity index is 1.92. The highest BCUT2D eigenvalue weighted by Crippen LogP contribution is 2.33. The molecule has 2 N–H and O–H groups in total. The summed E-state index contributed by atoms with van der Waals surface area (Å²) in [4.78, 5) is 15.8. The molecule has 1 amide bonds. The lowest BCUT2D eigenvalue weighted by Crippen LogP contribution is -2.30. The van der Waals surface area contributed by atoms with Crippen molar-refractivity contribution in [2.24, 2.45) is 0 Å². The van der Waals surface area contributed by atoms with Gasteiger partial charge in [0.1, 0.15) is 5.82 Å². The summed E-state index contributed by atoms with van der Waals surface area (Å²) >= 11 is 2.09. The Kier molecular flexibility index (Phi) is 6.03. The Hall–Kier alpha value is -1.84. The minimum absolute atomic E-state index is 0.133. The second kappa shape index (κ2) is 7.82. The highest BCUT2D eigenvalue weighted by atomic mass is 127. The van der Waals surface area contributed by atoms with Crippen molar-refractivity contribution in [3.8, 4) is 0 Å². The number of rotatable bonds is 5. The maximum absolute atomic E-state index is 12.8. The van der Waals surface area contributed by atoms with Gasteiger partial charge in [0.25, 0.3) is 5.91 Å². The first-order valence-corrected chi connectivity index (χ1v) is 8.18. The van der Waals surface area contributed by atoms with Gasteiger partial charge in [-0.1, -0.05) is 12.1 Å². The van der Waals surface area contributed by atoms with Gasteiger partial charge in [-0.15, -0.1) is 0 Å². The number of amides is 1. The van der Waals surface area contributed by atoms with Crippen LogP contribution in [-0.2, 0) is 6.18 Å². The summed E-state index contributed by atoms with van der Waals surface area (Å²) < 4.78 is 39.4. The minimum atomic E-state index is -4.47. The molecule has 4 nitrogen and oxygen atoms in total. The van der Waals surface area contributed by atoms with E-state index in [-0.39, 0.29) is 24.8 Å². The van der Waals surface area contributed by atoms with Gasteiger partial charge < -0.3 is 10.6 Å². The number of carbonyl (C=O) groups is 1. The van der Waals surface area contributed by atoms with Gasteiger partial charge in [-0.3, -0.25) is 4.79 Å². The molecule has 2 aromatic rings. The molecule has 0 aliphatic rings. The number of alkyl halides is 3. The van der Waals surface area contributed by atoms with Crippen LogP contribution in [0.15, 0.2) is 36.5 Å². The minimum Gasteiger partial charge on any atom is -0.368 e. The van der Waals surface area contributed by atoms with Gasteiger partial charge in [-0.2, -0.15) is 13.2 Å². The molecule has 0 fully saturated rings. The average Bonchev–Trinajstić information content (AvgIpc) is 2.53. The quantitative estimate of drug-likeness (QED) is 0.539. The van der Waals surface area contributed by atoms with Crippen molar-refractivity contribution in [2.45, 2.75) is 13.1 Å². The Morgan fingerprint density at radius 2 is 1.96 bits per heavy atom. The van der Waals surface area contributed by atoms with Crippen molar-refractivity contribution in [1.29, 1.82) is 0 Å². The van der Waals surface area contributed by atoms with Crippen molar-refractivity contribution in [3.05, 3.63) is 56.8 Å². The van der Waals surface area contributed by atoms with E-state index in [0.29, 0.717) is 5.56 Å². The zero-order chi connectivity index (χ0) is 17.7. The highest BCUT2D eigenvalue weighted by molar-refractivity contribution is 14.1. The van der Waals surface area contributed by atoms with Crippen LogP contribution in [0.5, 0.6) is 0 Å². The lowest BCUT2D eigenvalue weighted by Gasteiger charge is -2.13. The molecule has 0 spiro atoms. The Morgan fingerprint density at radius 1 is 1.21 bits per heavy atom. The standard InChI is InChI=1S/C16H15F3IN3O/c1-10-4-2-5-11(13(10)20)15(24)23-9-8-22-14-12(16(17,18)19)6-3-7-21-14/h2-7H,8-9H2,1H3,(H,21,22)(H,23,24). The van der Waals surface area contributed by atoms with E-state index < -0.39 is 11.7 Å². The van der Waals surface area contributed by atoms with Gasteiger partial charge in [0.2, 0.25) is 0 Å². The van der Waals surface area contributed by atoms with Crippen LogP contribution >= 0.6 is 22.6 Å². The van der Waals surface area contributed by atoms with Crippen LogP contribution in [0.2, 0.25) is 0 Å². The van der Waals surface area contributed by atoms with E-state index in [1.165, 1.54) is 12.3 Å². The molecular formula is C16H15F3IN3O. The molecule has 0 unspecified atom stereocenters. The van der Waals surface area contributed by atoms with E-state index in [2.05, 4.69) is 38.2 Å². The lowest BCUT2D eigenvalue weighted by molar-refractivity contribution is -0.137. The molecule has 0 bridgehead atoms. The molecule has 0 aliphatic heterocycles. The van der Waals surface area contributed by atoms with Crippen LogP contribution in [0.1, 0.15) is 21.5 Å². The molecule has 1 aromatic carbocycles. The van der Waals surface area contributed by atoms with Crippen LogP contribution in [0.25, 0.3) is 0 Å². The van der Waals surface area contributed by atoms with E-state index in [1.54, 1.807) is 12.1 Å². The normalized spacial score (nSPS) is 11.2. The summed E-state index contributed by atoms with van der Waals surface area (Å²) in [5.74, 6) is -0.508. The zero-order valence-corrected chi connectivity index (χ0v) is 14.9. The molecule has 0 saturated carbocycles. The average molecular weight is 449 g/mol. The molecule has 0 saturated heterocycles. The van der Waals surface area contributed by atoms with Crippen molar-refractivity contribution < 1.29 is 18.0 Å². The maximum atomic E-state index is 12.8. The fourth-order valence-electron chi connectivity index (χ4n) is 2.05. The summed E-state index contributed by atoms with van der Waals surface area (Å²) in [7, 11) is 0. The fraction of sp³-hybridized carbons (Fsp3) is 0.250. The number of benzene rings is 1. The molecule has 1 aromatic heterocycles. The van der Waals surface area contributed by atoms with Gasteiger partial charge in [0, 0.05) is 22.9 Å². The first-order chi connectivity index (χ1) is 11.3. The predicted octanol–water partition coefficient (Wildman–Crippen LogP) is 3.86. The highest BCUT2D eigenvalue weighted by Gasteiger charge is 2.33. The number of hydrogen-bond acceptors (Lipinski definition) is 3. The molecule has 8 heteroatoms. The summed E-state index contributed by atoms with van der Waals surface area (Å²) in [6.45, 7) is 2.21. The number of nitrogens with zero attached hydrogens (tertiary/aromatic N) is 1. The van der Waals surface area contributed by atoms with E-state index in [9.17, 15) is 18.0 Å². The number of pyridine rings is 1. The molecule has 128 valence electrons. The van der Waals surface area contributed by atoms with Crippen LogP contribution < -0.4 is 10.6 Å². The molecule has 2 rings (SSSR count). The summed E-state index contributed by atoms with van der Waals surface area (Å²) in [5, 5.41) is 5.29. The van der Waals surface area contributed by atoms with Crippen LogP contribution in [-0.4, -0.2) is 24.0 Å². The van der Waals surface area contributed by atoms with Crippen molar-refractivity contribution in [3.63, 3.8) is 0 Å². The molecule has 1 heterocycles. The second-order valence-electron chi connectivity index (χ2n) is 5.02. The van der Waals surface area contributed by atoms with Gasteiger partial charge in [-0.25, -0.2) is 4.98 Å². The number of hydrogen-bond donors (Lipinski definition) is 2. The monoisotopic (exact) mass is 449 g/mol. The zero-order valence-electron chi connectivity index (χ0n) is 12.7. The number of aryl methyl sites for hydroxylation is 1. The number of carbonyl (C=O) groups excluding carboxylic acids is 1. The maximum Gasteiger partial charge on any atom is 0.419 e. The SMILES string of the molecule is Cc1cccc(C(=O)NCCNc2ncccc2C(F)(F)F)c1I. The Bertz CT molecular complexity index is 735. The van der Waals surface area contributed by atoms with Gasteiger partial charge in [0.15, 0.2) is 0 Å². The van der Waals surface area contributed by atoms with Crippen molar-refractivity contribution >= 4 is 34.3 Å². The number of nitrogens with one attached hydrogen (secondary N) is 2. The largest absolute Gasteiger partial charge is 0.419 e. The van der Waals surface area contributed by atoms with Crippen LogP contribution in [0, 0.1) is 10.5 Å². The first-order valence-electron chi connectivity index (χ1n) is 7.10. The van der Waals surface area contributed by atoms with Crippen LogP contribution in [0.4, 0.5) is 19.0 Å². The van der Waals surface area contributed by atoms with Crippen LogP contribution in [0.3, 0.4) is 0 Å². The smallest absolute Gasteiger partial charge is 0.368 e. The van der Waals surface area contributed by atoms with E-state index in [0.717, 1.165) is 15.2 Å². The lowest BCUT2D eigenvalue weighted by atomic mass is 10.1. The molecule has 0 atom stereocenters. The molecule has 0 radical (unpaired) electrons. The Morgan fingerprint density at radius 3 is 2.67 bits per heavy atom. The van der Waals surface area contributed by atoms with E-state index in [4.69, 9.17) is 0 Å². The van der Waals surface area contributed by atoms with Gasteiger partial charge in [0.05, 0.1) is 11.1 Å². The summed E-state index contributed by atoms with van der Waals surface area (Å²) in [5.41, 5.74) is 0.707. The summed E-state index contributed by atoms with van der Waals surface area (Å²) in [6.07, 6.45) is -3.19. The molecule has 0 aliphatic carbocycles. The second-order valence-corrected chi connectivity index (χ2v) is 6.10. The predicted molar refractivity (Wildman–Crippen MR) is 94.0 cm³/mol. The third-order valence-corrected chi connectivity index (χ3v) is 4.68. The van der Waals surface area contributed by atoms with Gasteiger partial charge in [-0.05, 0) is 53.3 Å². The first kappa shape index (κ1) is 18.5. The number of anilines is 1. The Labute approximate surface area is 151 Å². The van der Waals surface area contributed by atoms with Crippen molar-refractivity contribution in [2.75, 3.05) is 18.4 Å². The summed E-state index contributed by atoms with van der Waals surface area (Å²) in [6, 6.07) is 7.59. The third-order valence-electron chi connectivity index (χ3n) is 3.25. The van der Waals surface area contributed by atoms with Gasteiger partial charge >= 0.3 is 6.18 Å². The number of halogens is 4. The molecule has 24 heavy (non-hydrogen) atoms. The van der Waals surface area contributed by atoms with Crippen molar-refractivity contribution in [1.82, 2.24) is 10.3 Å². The van der Waals surface area contributed by atoms with E-state index in [1.807, 2.05) is 13.0 Å². The fourth-order valence-corrected chi connectivity index (χ4v) is 2.65. The third kappa shape index (κ3) is 4.59.